The van der Waals surface area contributed by atoms with E-state index in [2.05, 4.69) is 58.2 Å². The van der Waals surface area contributed by atoms with Crippen LogP contribution in [-0.2, 0) is 11.3 Å². The summed E-state index contributed by atoms with van der Waals surface area (Å²) < 4.78 is 6.44. The van der Waals surface area contributed by atoms with Crippen LogP contribution in [0.4, 0.5) is 5.69 Å². The Morgan fingerprint density at radius 1 is 1.45 bits per heavy atom. The number of nitrogens with one attached hydrogen (secondary N) is 1. The molecular weight excluding hydrogens is 316 g/mol. The lowest BCUT2D eigenvalue weighted by atomic mass is 10.1. The quantitative estimate of drug-likeness (QED) is 0.858. The molecule has 1 heterocycles. The molecule has 3 nitrogen and oxygen atoms in total. The first-order chi connectivity index (χ1) is 9.60. The maximum atomic E-state index is 5.29. The number of hydrogen-bond acceptors (Lipinski definition) is 3. The summed E-state index contributed by atoms with van der Waals surface area (Å²) in [6.07, 6.45) is 1.22. The van der Waals surface area contributed by atoms with Crippen molar-refractivity contribution in [2.24, 2.45) is 5.92 Å². The predicted octanol–water partition coefficient (Wildman–Crippen LogP) is 3.42. The third kappa shape index (κ3) is 4.21. The van der Waals surface area contributed by atoms with E-state index < -0.39 is 0 Å². The molecule has 0 aromatic heterocycles. The predicted molar refractivity (Wildman–Crippen MR) is 88.3 cm³/mol. The normalized spacial score (nSPS) is 19.1. The summed E-state index contributed by atoms with van der Waals surface area (Å²) in [6.45, 7) is 8.37. The van der Waals surface area contributed by atoms with Gasteiger partial charge in [0.2, 0.25) is 0 Å². The van der Waals surface area contributed by atoms with Gasteiger partial charge in [-0.2, -0.15) is 0 Å². The van der Waals surface area contributed by atoms with Gasteiger partial charge < -0.3 is 15.0 Å². The van der Waals surface area contributed by atoms with Gasteiger partial charge in [0.1, 0.15) is 0 Å². The Hall–Kier alpha value is -0.580. The lowest BCUT2D eigenvalue weighted by Crippen LogP contribution is -2.26. The monoisotopic (exact) mass is 340 g/mol. The van der Waals surface area contributed by atoms with E-state index in [1.54, 1.807) is 7.11 Å². The Morgan fingerprint density at radius 2 is 2.25 bits per heavy atom. The number of halogens is 1. The Morgan fingerprint density at radius 3 is 2.95 bits per heavy atom. The third-order valence-corrected chi connectivity index (χ3v) is 4.27. The standard InChI is InChI=1S/C16H25BrN2O/c1-12(2)18-9-14-4-5-15(17)8-16(14)19-7-6-13(10-19)11-20-3/h4-5,8,12-13,18H,6-7,9-11H2,1-3H3. The smallest absolute Gasteiger partial charge is 0.0508 e. The average molecular weight is 341 g/mol. The summed E-state index contributed by atoms with van der Waals surface area (Å²) in [4.78, 5) is 2.49. The van der Waals surface area contributed by atoms with Crippen LogP contribution in [0.1, 0.15) is 25.8 Å². The van der Waals surface area contributed by atoms with Gasteiger partial charge in [0, 0.05) is 48.9 Å². The highest BCUT2D eigenvalue weighted by atomic mass is 79.9. The maximum absolute atomic E-state index is 5.29. The van der Waals surface area contributed by atoms with Crippen molar-refractivity contribution in [1.82, 2.24) is 5.32 Å². The van der Waals surface area contributed by atoms with E-state index in [4.69, 9.17) is 4.74 Å². The van der Waals surface area contributed by atoms with Crippen LogP contribution in [0.2, 0.25) is 0 Å². The van der Waals surface area contributed by atoms with Crippen molar-refractivity contribution in [1.29, 1.82) is 0 Å². The van der Waals surface area contributed by atoms with Gasteiger partial charge in [-0.1, -0.05) is 35.8 Å². The summed E-state index contributed by atoms with van der Waals surface area (Å²) >= 11 is 3.60. The molecule has 0 spiro atoms. The largest absolute Gasteiger partial charge is 0.384 e. The van der Waals surface area contributed by atoms with Crippen molar-refractivity contribution in [3.63, 3.8) is 0 Å². The minimum absolute atomic E-state index is 0.506. The maximum Gasteiger partial charge on any atom is 0.0508 e. The first-order valence-electron chi connectivity index (χ1n) is 7.36. The highest BCUT2D eigenvalue weighted by Gasteiger charge is 2.24. The van der Waals surface area contributed by atoms with Crippen LogP contribution in [0.25, 0.3) is 0 Å². The molecule has 1 aromatic rings. The number of nitrogens with zero attached hydrogens (tertiary/aromatic N) is 1. The minimum Gasteiger partial charge on any atom is -0.384 e. The molecule has 1 saturated heterocycles. The van der Waals surface area contributed by atoms with Gasteiger partial charge >= 0.3 is 0 Å². The lowest BCUT2D eigenvalue weighted by Gasteiger charge is -2.23. The number of anilines is 1. The molecule has 1 aromatic carbocycles. The second-order valence-corrected chi connectivity index (χ2v) is 6.78. The van der Waals surface area contributed by atoms with E-state index in [1.165, 1.54) is 17.7 Å². The number of rotatable bonds is 6. The molecule has 0 radical (unpaired) electrons. The lowest BCUT2D eigenvalue weighted by molar-refractivity contribution is 0.161. The van der Waals surface area contributed by atoms with E-state index in [0.717, 1.165) is 30.7 Å². The van der Waals surface area contributed by atoms with Gasteiger partial charge in [-0.05, 0) is 24.1 Å². The number of hydrogen-bond donors (Lipinski definition) is 1. The van der Waals surface area contributed by atoms with Crippen molar-refractivity contribution in [3.05, 3.63) is 28.2 Å². The van der Waals surface area contributed by atoms with Gasteiger partial charge in [0.25, 0.3) is 0 Å². The summed E-state index contributed by atoms with van der Waals surface area (Å²) in [5.41, 5.74) is 2.73. The molecule has 112 valence electrons. The molecule has 1 aliphatic rings. The average Bonchev–Trinajstić information content (AvgIpc) is 2.86. The third-order valence-electron chi connectivity index (χ3n) is 3.78. The van der Waals surface area contributed by atoms with Crippen LogP contribution < -0.4 is 10.2 Å². The van der Waals surface area contributed by atoms with Crippen LogP contribution >= 0.6 is 15.9 Å². The SMILES string of the molecule is COCC1CCN(c2cc(Br)ccc2CNC(C)C)C1. The second-order valence-electron chi connectivity index (χ2n) is 5.86. The first-order valence-corrected chi connectivity index (χ1v) is 8.15. The van der Waals surface area contributed by atoms with Gasteiger partial charge in [0.05, 0.1) is 6.61 Å². The molecule has 4 heteroatoms. The zero-order chi connectivity index (χ0) is 14.5. The van der Waals surface area contributed by atoms with Crippen LogP contribution in [0, 0.1) is 5.92 Å². The van der Waals surface area contributed by atoms with E-state index >= 15 is 0 Å². The fourth-order valence-corrected chi connectivity index (χ4v) is 3.07. The molecule has 0 saturated carbocycles. The second kappa shape index (κ2) is 7.43. The van der Waals surface area contributed by atoms with Crippen LogP contribution in [0.3, 0.4) is 0 Å². The number of methoxy groups -OCH3 is 1. The van der Waals surface area contributed by atoms with Gasteiger partial charge in [-0.15, -0.1) is 0 Å². The van der Waals surface area contributed by atoms with Crippen LogP contribution in [0.15, 0.2) is 22.7 Å². The molecule has 0 bridgehead atoms. The summed E-state index contributed by atoms with van der Waals surface area (Å²) in [6, 6.07) is 7.10. The van der Waals surface area contributed by atoms with Crippen LogP contribution in [0.5, 0.6) is 0 Å². The highest BCUT2D eigenvalue weighted by Crippen LogP contribution is 2.30. The number of benzene rings is 1. The van der Waals surface area contributed by atoms with E-state index in [0.29, 0.717) is 12.0 Å². The summed E-state index contributed by atoms with van der Waals surface area (Å²) in [7, 11) is 1.79. The summed E-state index contributed by atoms with van der Waals surface area (Å²) in [5, 5.41) is 3.51. The molecule has 1 unspecified atom stereocenters. The molecule has 2 rings (SSSR count). The van der Waals surface area contributed by atoms with Gasteiger partial charge in [-0.25, -0.2) is 0 Å². The van der Waals surface area contributed by atoms with Gasteiger partial charge in [0.15, 0.2) is 0 Å². The van der Waals surface area contributed by atoms with Crippen molar-refractivity contribution in [3.8, 4) is 0 Å². The first kappa shape index (κ1) is 15.8. The Kier molecular flexibility index (Phi) is 5.87. The fraction of sp³-hybridized carbons (Fsp3) is 0.625. The molecule has 0 amide bonds. The molecule has 1 fully saturated rings. The zero-order valence-corrected chi connectivity index (χ0v) is 14.2. The zero-order valence-electron chi connectivity index (χ0n) is 12.7. The Balaban J connectivity index is 2.11. The van der Waals surface area contributed by atoms with Crippen molar-refractivity contribution < 1.29 is 4.74 Å². The minimum atomic E-state index is 0.506. The Labute approximate surface area is 130 Å². The molecule has 1 N–H and O–H groups in total. The molecule has 20 heavy (non-hydrogen) atoms. The topological polar surface area (TPSA) is 24.5 Å². The van der Waals surface area contributed by atoms with Crippen molar-refractivity contribution in [2.75, 3.05) is 31.7 Å². The van der Waals surface area contributed by atoms with E-state index in [-0.39, 0.29) is 0 Å². The van der Waals surface area contributed by atoms with Crippen molar-refractivity contribution in [2.45, 2.75) is 32.9 Å². The van der Waals surface area contributed by atoms with Crippen molar-refractivity contribution >= 4 is 21.6 Å². The number of ether oxygens (including phenoxy) is 1. The van der Waals surface area contributed by atoms with Gasteiger partial charge in [-0.3, -0.25) is 0 Å². The highest BCUT2D eigenvalue weighted by molar-refractivity contribution is 9.10. The van der Waals surface area contributed by atoms with E-state index in [1.807, 2.05) is 0 Å². The fourth-order valence-electron chi connectivity index (χ4n) is 2.72. The molecule has 1 atom stereocenters. The van der Waals surface area contributed by atoms with E-state index in [9.17, 15) is 0 Å². The van der Waals surface area contributed by atoms with Crippen LogP contribution in [-0.4, -0.2) is 32.8 Å². The Bertz CT molecular complexity index is 436. The molecular formula is C16H25BrN2O. The molecule has 0 aliphatic carbocycles. The summed E-state index contributed by atoms with van der Waals surface area (Å²) in [5.74, 6) is 0.657. The molecule has 1 aliphatic heterocycles.